The third-order valence-electron chi connectivity index (χ3n) is 6.22. The van der Waals surface area contributed by atoms with E-state index in [0.29, 0.717) is 11.3 Å². The predicted octanol–water partition coefficient (Wildman–Crippen LogP) is -0.671. The van der Waals surface area contributed by atoms with Crippen LogP contribution in [0.15, 0.2) is 48.5 Å². The normalized spacial score (nSPS) is 27.9. The first-order chi connectivity index (χ1) is 14.3. The number of carboxylic acids is 1. The highest BCUT2D eigenvalue weighted by Gasteiger charge is 2.68. The lowest BCUT2D eigenvalue weighted by atomic mass is 9.80. The number of amides is 2. The number of hydrogen-bond acceptors (Lipinski definition) is 6. The summed E-state index contributed by atoms with van der Waals surface area (Å²) in [6, 6.07) is 12.8. The Morgan fingerprint density at radius 1 is 1.20 bits per heavy atom. The number of methoxy groups -OCH3 is 1. The van der Waals surface area contributed by atoms with E-state index in [1.54, 1.807) is 36.4 Å². The summed E-state index contributed by atoms with van der Waals surface area (Å²) in [5.74, 6) is -4.11. The molecule has 0 unspecified atom stereocenters. The maximum Gasteiger partial charge on any atom is 0.240 e. The molecule has 0 aliphatic carbocycles. The van der Waals surface area contributed by atoms with Crippen molar-refractivity contribution in [3.05, 3.63) is 59.7 Å². The molecule has 8 nitrogen and oxygen atoms in total. The minimum Gasteiger partial charge on any atom is -0.544 e. The maximum atomic E-state index is 13.3. The van der Waals surface area contributed by atoms with Crippen LogP contribution < -0.4 is 15.2 Å². The lowest BCUT2D eigenvalue weighted by Crippen LogP contribution is -2.98. The minimum atomic E-state index is -1.65. The van der Waals surface area contributed by atoms with Gasteiger partial charge in [0.15, 0.2) is 0 Å². The van der Waals surface area contributed by atoms with Gasteiger partial charge < -0.3 is 25.1 Å². The molecule has 2 amide bonds. The Bertz CT molecular complexity index is 1020. The number of nitrogens with zero attached hydrogens (tertiary/aromatic N) is 1. The largest absolute Gasteiger partial charge is 0.544 e. The molecule has 0 spiro atoms. The molecule has 2 aromatic carbocycles. The Morgan fingerprint density at radius 3 is 2.53 bits per heavy atom. The van der Waals surface area contributed by atoms with Gasteiger partial charge in [0.25, 0.3) is 0 Å². The Kier molecular flexibility index (Phi) is 4.74. The molecule has 0 bridgehead atoms. The molecule has 2 aliphatic heterocycles. The summed E-state index contributed by atoms with van der Waals surface area (Å²) in [7, 11) is 1.47. The number of carboxylic acid groups (broad SMARTS) is 1. The third-order valence-corrected chi connectivity index (χ3v) is 6.22. The van der Waals surface area contributed by atoms with Gasteiger partial charge in [0.1, 0.15) is 40.9 Å². The summed E-state index contributed by atoms with van der Waals surface area (Å²) >= 11 is 0. The number of carbonyl (C=O) groups excluding carboxylic acids is 3. The SMILES string of the molecule is COc1ccc(O)c([C@@H]2[NH2+][C@@](C)(C(=O)[O-])[C@@H]3C(=O)N(Cc4ccccc4)C(=O)[C@@H]32)c1. The zero-order valence-electron chi connectivity index (χ0n) is 16.6. The van der Waals surface area contributed by atoms with Crippen LogP contribution in [0.4, 0.5) is 0 Å². The number of phenols is 1. The molecule has 2 aromatic rings. The molecular formula is C22H22N2O6. The first kappa shape index (κ1) is 19.9. The number of carbonyl (C=O) groups is 3. The van der Waals surface area contributed by atoms with Crippen LogP contribution in [0.1, 0.15) is 24.1 Å². The molecule has 8 heteroatoms. The van der Waals surface area contributed by atoms with Gasteiger partial charge in [-0.25, -0.2) is 0 Å². The molecule has 4 rings (SSSR count). The van der Waals surface area contributed by atoms with Crippen molar-refractivity contribution in [1.82, 2.24) is 4.90 Å². The molecule has 2 fully saturated rings. The monoisotopic (exact) mass is 410 g/mol. The zero-order chi connectivity index (χ0) is 21.6. The Hall–Kier alpha value is -3.39. The van der Waals surface area contributed by atoms with Crippen LogP contribution in [0.2, 0.25) is 0 Å². The van der Waals surface area contributed by atoms with Crippen LogP contribution in [-0.2, 0) is 20.9 Å². The second kappa shape index (κ2) is 7.14. The first-order valence-corrected chi connectivity index (χ1v) is 9.61. The van der Waals surface area contributed by atoms with Crippen molar-refractivity contribution in [1.29, 1.82) is 0 Å². The molecule has 30 heavy (non-hydrogen) atoms. The molecule has 156 valence electrons. The molecule has 3 N–H and O–H groups in total. The van der Waals surface area contributed by atoms with Gasteiger partial charge in [-0.15, -0.1) is 0 Å². The molecule has 0 aromatic heterocycles. The topological polar surface area (TPSA) is 124 Å². The van der Waals surface area contributed by atoms with Gasteiger partial charge in [0.2, 0.25) is 11.8 Å². The number of likely N-dealkylation sites (tertiary alicyclic amines) is 1. The number of hydrogen-bond donors (Lipinski definition) is 2. The second-order valence-corrected chi connectivity index (χ2v) is 7.94. The van der Waals surface area contributed by atoms with Crippen molar-refractivity contribution in [3.63, 3.8) is 0 Å². The number of nitrogens with two attached hydrogens (primary N) is 1. The van der Waals surface area contributed by atoms with Gasteiger partial charge in [-0.1, -0.05) is 30.3 Å². The van der Waals surface area contributed by atoms with E-state index in [1.807, 2.05) is 6.07 Å². The fraction of sp³-hybridized carbons (Fsp3) is 0.318. The number of quaternary nitrogens is 1. The van der Waals surface area contributed by atoms with Crippen molar-refractivity contribution in [2.24, 2.45) is 11.8 Å². The number of aromatic hydroxyl groups is 1. The van der Waals surface area contributed by atoms with Crippen LogP contribution in [0.3, 0.4) is 0 Å². The van der Waals surface area contributed by atoms with Gasteiger partial charge in [-0.3, -0.25) is 14.5 Å². The third kappa shape index (κ3) is 2.91. The van der Waals surface area contributed by atoms with Crippen LogP contribution in [0, 0.1) is 11.8 Å². The molecule has 2 saturated heterocycles. The zero-order valence-corrected chi connectivity index (χ0v) is 16.6. The van der Waals surface area contributed by atoms with E-state index in [-0.39, 0.29) is 12.3 Å². The average Bonchev–Trinajstić information content (AvgIpc) is 3.18. The fourth-order valence-electron chi connectivity index (χ4n) is 4.65. The Morgan fingerprint density at radius 2 is 1.90 bits per heavy atom. The van der Waals surface area contributed by atoms with Crippen molar-refractivity contribution in [3.8, 4) is 11.5 Å². The van der Waals surface area contributed by atoms with E-state index >= 15 is 0 Å². The number of imide groups is 1. The standard InChI is InChI=1S/C22H22N2O6/c1-22(21(28)29)17-16(18(23-22)14-10-13(30-2)8-9-15(14)25)19(26)24(20(17)27)11-12-6-4-3-5-7-12/h3-10,16-18,23,25H,11H2,1-2H3,(H,28,29)/t16-,17-,18-,22+/m0/s1. The fourth-order valence-corrected chi connectivity index (χ4v) is 4.65. The molecule has 4 atom stereocenters. The van der Waals surface area contributed by atoms with Gasteiger partial charge in [-0.2, -0.15) is 0 Å². The van der Waals surface area contributed by atoms with E-state index in [2.05, 4.69) is 0 Å². The number of fused-ring (bicyclic) bond motifs is 1. The lowest BCUT2D eigenvalue weighted by Gasteiger charge is -2.29. The first-order valence-electron chi connectivity index (χ1n) is 9.61. The van der Waals surface area contributed by atoms with E-state index in [4.69, 9.17) is 4.74 Å². The summed E-state index contributed by atoms with van der Waals surface area (Å²) in [6.45, 7) is 1.46. The summed E-state index contributed by atoms with van der Waals surface area (Å²) in [5.41, 5.74) is -0.542. The maximum absolute atomic E-state index is 13.3. The number of benzene rings is 2. The van der Waals surface area contributed by atoms with Gasteiger partial charge in [0.05, 0.1) is 19.2 Å². The van der Waals surface area contributed by atoms with Crippen LogP contribution in [0.25, 0.3) is 0 Å². The molecule has 2 aliphatic rings. The Balaban J connectivity index is 1.78. The van der Waals surface area contributed by atoms with Crippen molar-refractivity contribution < 1.29 is 34.7 Å². The van der Waals surface area contributed by atoms with Gasteiger partial charge >= 0.3 is 0 Å². The lowest BCUT2D eigenvalue weighted by molar-refractivity contribution is -0.735. The molecule has 0 saturated carbocycles. The van der Waals surface area contributed by atoms with E-state index in [0.717, 1.165) is 10.5 Å². The van der Waals surface area contributed by atoms with E-state index in [1.165, 1.54) is 25.4 Å². The highest BCUT2D eigenvalue weighted by molar-refractivity contribution is 6.08. The summed E-state index contributed by atoms with van der Waals surface area (Å²) in [6.07, 6.45) is 0. The van der Waals surface area contributed by atoms with Gasteiger partial charge in [0, 0.05) is 0 Å². The van der Waals surface area contributed by atoms with Crippen LogP contribution >= 0.6 is 0 Å². The molecule has 0 radical (unpaired) electrons. The number of aliphatic carboxylic acids is 1. The number of ether oxygens (including phenoxy) is 1. The molecule has 2 heterocycles. The smallest absolute Gasteiger partial charge is 0.240 e. The minimum absolute atomic E-state index is 0.0610. The van der Waals surface area contributed by atoms with Crippen LogP contribution in [0.5, 0.6) is 11.5 Å². The van der Waals surface area contributed by atoms with Crippen molar-refractivity contribution in [2.45, 2.75) is 25.0 Å². The highest BCUT2D eigenvalue weighted by Crippen LogP contribution is 2.46. The van der Waals surface area contributed by atoms with E-state index < -0.39 is 41.2 Å². The number of rotatable bonds is 5. The van der Waals surface area contributed by atoms with E-state index in [9.17, 15) is 24.6 Å². The summed E-state index contributed by atoms with van der Waals surface area (Å²) < 4.78 is 5.21. The second-order valence-electron chi connectivity index (χ2n) is 7.94. The summed E-state index contributed by atoms with van der Waals surface area (Å²) in [5, 5.41) is 23.9. The highest BCUT2D eigenvalue weighted by atomic mass is 16.5. The quantitative estimate of drug-likeness (QED) is 0.630. The predicted molar refractivity (Wildman–Crippen MR) is 102 cm³/mol. The summed E-state index contributed by atoms with van der Waals surface area (Å²) in [4.78, 5) is 39.7. The number of phenolic OH excluding ortho intramolecular Hbond substituents is 1. The van der Waals surface area contributed by atoms with Crippen LogP contribution in [-0.4, -0.2) is 40.4 Å². The Labute approximate surface area is 173 Å². The van der Waals surface area contributed by atoms with Gasteiger partial charge in [-0.05, 0) is 30.7 Å². The average molecular weight is 410 g/mol. The molecular weight excluding hydrogens is 388 g/mol. The van der Waals surface area contributed by atoms with Crippen molar-refractivity contribution >= 4 is 17.8 Å². The van der Waals surface area contributed by atoms with Crippen molar-refractivity contribution in [2.75, 3.05) is 7.11 Å².